The molecule has 0 spiro atoms. The largest absolute Gasteiger partial charge is 0.492 e. The first-order valence-corrected chi connectivity index (χ1v) is 9.45. The first-order chi connectivity index (χ1) is 13.2. The van der Waals surface area contributed by atoms with Crippen molar-refractivity contribution in [3.8, 4) is 11.5 Å². The van der Waals surface area contributed by atoms with Crippen LogP contribution in [0.2, 0.25) is 0 Å². The predicted molar refractivity (Wildman–Crippen MR) is 112 cm³/mol. The third-order valence-electron chi connectivity index (χ3n) is 4.36. The van der Waals surface area contributed by atoms with E-state index in [-0.39, 0.29) is 0 Å². The van der Waals surface area contributed by atoms with Gasteiger partial charge in [0.05, 0.1) is 5.69 Å². The van der Waals surface area contributed by atoms with Gasteiger partial charge in [-0.05, 0) is 41.3 Å². The number of rotatable bonds is 9. The van der Waals surface area contributed by atoms with Crippen LogP contribution in [-0.4, -0.2) is 13.2 Å². The van der Waals surface area contributed by atoms with Gasteiger partial charge < -0.3 is 14.8 Å². The summed E-state index contributed by atoms with van der Waals surface area (Å²) >= 11 is 0. The van der Waals surface area contributed by atoms with Crippen molar-refractivity contribution >= 4 is 5.69 Å². The van der Waals surface area contributed by atoms with Crippen molar-refractivity contribution in [2.45, 2.75) is 26.4 Å². The number of para-hydroxylation sites is 2. The zero-order valence-corrected chi connectivity index (χ0v) is 16.0. The molecule has 3 rings (SSSR count). The Labute approximate surface area is 162 Å². The lowest BCUT2D eigenvalue weighted by Crippen LogP contribution is -2.12. The Kier molecular flexibility index (Phi) is 6.75. The number of anilines is 1. The van der Waals surface area contributed by atoms with E-state index in [2.05, 4.69) is 43.4 Å². The molecule has 0 heterocycles. The Morgan fingerprint density at radius 2 is 1.48 bits per heavy atom. The number of hydrogen-bond donors (Lipinski definition) is 1. The highest BCUT2D eigenvalue weighted by Crippen LogP contribution is 2.24. The minimum Gasteiger partial charge on any atom is -0.492 e. The second-order valence-electron chi connectivity index (χ2n) is 6.77. The highest BCUT2D eigenvalue weighted by molar-refractivity contribution is 5.56. The molecule has 3 aromatic carbocycles. The SMILES string of the molecule is CC(C)c1ccc(OCCNc2ccccc2OCc2ccccc2)cc1. The molecule has 27 heavy (non-hydrogen) atoms. The highest BCUT2D eigenvalue weighted by Gasteiger charge is 2.04. The van der Waals surface area contributed by atoms with Gasteiger partial charge in [0.25, 0.3) is 0 Å². The van der Waals surface area contributed by atoms with E-state index in [0.717, 1.165) is 22.7 Å². The van der Waals surface area contributed by atoms with Gasteiger partial charge >= 0.3 is 0 Å². The van der Waals surface area contributed by atoms with E-state index in [0.29, 0.717) is 25.7 Å². The van der Waals surface area contributed by atoms with Crippen LogP contribution in [0.25, 0.3) is 0 Å². The molecular weight excluding hydrogens is 334 g/mol. The average molecular weight is 361 g/mol. The van der Waals surface area contributed by atoms with Crippen LogP contribution in [0.3, 0.4) is 0 Å². The van der Waals surface area contributed by atoms with Gasteiger partial charge in [0.2, 0.25) is 0 Å². The van der Waals surface area contributed by atoms with Gasteiger partial charge in [-0.2, -0.15) is 0 Å². The van der Waals surface area contributed by atoms with Crippen LogP contribution >= 0.6 is 0 Å². The number of hydrogen-bond acceptors (Lipinski definition) is 3. The second kappa shape index (κ2) is 9.67. The lowest BCUT2D eigenvalue weighted by molar-refractivity contribution is 0.306. The Balaban J connectivity index is 1.48. The van der Waals surface area contributed by atoms with Crippen molar-refractivity contribution in [2.24, 2.45) is 0 Å². The minimum absolute atomic E-state index is 0.535. The van der Waals surface area contributed by atoms with Crippen LogP contribution in [0, 0.1) is 0 Å². The topological polar surface area (TPSA) is 30.5 Å². The third-order valence-corrected chi connectivity index (χ3v) is 4.36. The van der Waals surface area contributed by atoms with Gasteiger partial charge in [-0.3, -0.25) is 0 Å². The fraction of sp³-hybridized carbons (Fsp3) is 0.250. The standard InChI is InChI=1S/C24H27NO2/c1-19(2)21-12-14-22(15-13-21)26-17-16-25-23-10-6-7-11-24(23)27-18-20-8-4-3-5-9-20/h3-15,19,25H,16-18H2,1-2H3. The molecule has 0 saturated heterocycles. The van der Waals surface area contributed by atoms with Gasteiger partial charge in [-0.1, -0.05) is 68.4 Å². The van der Waals surface area contributed by atoms with Crippen molar-refractivity contribution in [3.63, 3.8) is 0 Å². The summed E-state index contributed by atoms with van der Waals surface area (Å²) < 4.78 is 11.8. The van der Waals surface area contributed by atoms with E-state index in [1.807, 2.05) is 54.6 Å². The predicted octanol–water partition coefficient (Wildman–Crippen LogP) is 5.88. The molecule has 0 amide bonds. The lowest BCUT2D eigenvalue weighted by Gasteiger charge is -2.14. The Morgan fingerprint density at radius 3 is 2.22 bits per heavy atom. The van der Waals surface area contributed by atoms with E-state index >= 15 is 0 Å². The van der Waals surface area contributed by atoms with Crippen molar-refractivity contribution < 1.29 is 9.47 Å². The normalized spacial score (nSPS) is 10.6. The summed E-state index contributed by atoms with van der Waals surface area (Å²) in [6, 6.07) is 26.5. The summed E-state index contributed by atoms with van der Waals surface area (Å²) in [7, 11) is 0. The molecule has 140 valence electrons. The molecule has 0 aromatic heterocycles. The summed E-state index contributed by atoms with van der Waals surface area (Å²) in [4.78, 5) is 0. The minimum atomic E-state index is 0.535. The molecule has 3 nitrogen and oxygen atoms in total. The maximum absolute atomic E-state index is 5.97. The monoisotopic (exact) mass is 361 g/mol. The summed E-state index contributed by atoms with van der Waals surface area (Å²) in [6.45, 7) is 6.23. The number of ether oxygens (including phenoxy) is 2. The van der Waals surface area contributed by atoms with E-state index in [1.54, 1.807) is 0 Å². The first kappa shape index (κ1) is 18.8. The molecular formula is C24H27NO2. The second-order valence-corrected chi connectivity index (χ2v) is 6.77. The molecule has 0 unspecified atom stereocenters. The van der Waals surface area contributed by atoms with Crippen LogP contribution in [0.1, 0.15) is 30.9 Å². The fourth-order valence-electron chi connectivity index (χ4n) is 2.78. The lowest BCUT2D eigenvalue weighted by atomic mass is 10.0. The number of nitrogens with one attached hydrogen (secondary N) is 1. The summed E-state index contributed by atoms with van der Waals surface area (Å²) in [5, 5.41) is 3.40. The molecule has 0 saturated carbocycles. The number of benzene rings is 3. The Bertz CT molecular complexity index is 813. The van der Waals surface area contributed by atoms with E-state index in [9.17, 15) is 0 Å². The molecule has 0 bridgehead atoms. The molecule has 3 heteroatoms. The van der Waals surface area contributed by atoms with Gasteiger partial charge in [-0.15, -0.1) is 0 Å². The molecule has 0 radical (unpaired) electrons. The van der Waals surface area contributed by atoms with E-state index in [4.69, 9.17) is 9.47 Å². The van der Waals surface area contributed by atoms with Crippen LogP contribution in [0.15, 0.2) is 78.9 Å². The van der Waals surface area contributed by atoms with Gasteiger partial charge in [0.1, 0.15) is 24.7 Å². The van der Waals surface area contributed by atoms with Crippen molar-refractivity contribution in [1.82, 2.24) is 0 Å². The van der Waals surface area contributed by atoms with Crippen molar-refractivity contribution in [1.29, 1.82) is 0 Å². The van der Waals surface area contributed by atoms with Crippen LogP contribution < -0.4 is 14.8 Å². The van der Waals surface area contributed by atoms with Gasteiger partial charge in [0, 0.05) is 6.54 Å². The smallest absolute Gasteiger partial charge is 0.142 e. The molecule has 0 aliphatic heterocycles. The molecule has 1 N–H and O–H groups in total. The van der Waals surface area contributed by atoms with Crippen molar-refractivity contribution in [2.75, 3.05) is 18.5 Å². The van der Waals surface area contributed by atoms with Crippen molar-refractivity contribution in [3.05, 3.63) is 90.0 Å². The molecule has 0 atom stereocenters. The van der Waals surface area contributed by atoms with Gasteiger partial charge in [-0.25, -0.2) is 0 Å². The maximum atomic E-state index is 5.97. The quantitative estimate of drug-likeness (QED) is 0.483. The van der Waals surface area contributed by atoms with Crippen LogP contribution in [-0.2, 0) is 6.61 Å². The Hall–Kier alpha value is -2.94. The average Bonchev–Trinajstić information content (AvgIpc) is 2.71. The van der Waals surface area contributed by atoms with E-state index in [1.165, 1.54) is 5.56 Å². The van der Waals surface area contributed by atoms with E-state index < -0.39 is 0 Å². The van der Waals surface area contributed by atoms with Crippen LogP contribution in [0.4, 0.5) is 5.69 Å². The summed E-state index contributed by atoms with van der Waals surface area (Å²) in [6.07, 6.45) is 0. The molecule has 3 aromatic rings. The third kappa shape index (κ3) is 5.78. The highest BCUT2D eigenvalue weighted by atomic mass is 16.5. The molecule has 0 fully saturated rings. The molecule has 0 aliphatic rings. The summed E-state index contributed by atoms with van der Waals surface area (Å²) in [5.74, 6) is 2.28. The Morgan fingerprint density at radius 1 is 0.778 bits per heavy atom. The summed E-state index contributed by atoms with van der Waals surface area (Å²) in [5.41, 5.74) is 3.46. The molecule has 0 aliphatic carbocycles. The van der Waals surface area contributed by atoms with Gasteiger partial charge in [0.15, 0.2) is 0 Å². The zero-order chi connectivity index (χ0) is 18.9. The van der Waals surface area contributed by atoms with Crippen LogP contribution in [0.5, 0.6) is 11.5 Å². The maximum Gasteiger partial charge on any atom is 0.142 e. The fourth-order valence-corrected chi connectivity index (χ4v) is 2.78. The zero-order valence-electron chi connectivity index (χ0n) is 16.0. The first-order valence-electron chi connectivity index (χ1n) is 9.45.